The van der Waals surface area contributed by atoms with Gasteiger partial charge in [0.2, 0.25) is 0 Å². The fourth-order valence-electron chi connectivity index (χ4n) is 0.901. The summed E-state index contributed by atoms with van der Waals surface area (Å²) in [5, 5.41) is 19.9. The molecule has 78 valence electrons. The molecule has 1 aromatic heterocycles. The van der Waals surface area contributed by atoms with Gasteiger partial charge in [0.05, 0.1) is 11.4 Å². The van der Waals surface area contributed by atoms with Gasteiger partial charge in [0.1, 0.15) is 0 Å². The van der Waals surface area contributed by atoms with Crippen LogP contribution in [-0.4, -0.2) is 23.4 Å². The van der Waals surface area contributed by atoms with Gasteiger partial charge >= 0.3 is 6.09 Å². The number of carbonyl (C=O) groups is 1. The van der Waals surface area contributed by atoms with Gasteiger partial charge in [-0.25, -0.2) is 4.79 Å². The summed E-state index contributed by atoms with van der Waals surface area (Å²) in [7, 11) is 1.40. The van der Waals surface area contributed by atoms with Gasteiger partial charge in [-0.15, -0.1) is 11.3 Å². The summed E-state index contributed by atoms with van der Waals surface area (Å²) in [4.78, 5) is 11.7. The molecule has 1 unspecified atom stereocenters. The second kappa shape index (κ2) is 4.94. The molecule has 14 heavy (non-hydrogen) atoms. The number of hydrogen-bond donors (Lipinski definition) is 3. The molecule has 0 saturated carbocycles. The summed E-state index contributed by atoms with van der Waals surface area (Å²) in [5.74, 6) is 0. The van der Waals surface area contributed by atoms with E-state index in [4.69, 9.17) is 9.84 Å². The molecule has 0 aromatic carbocycles. The van der Waals surface area contributed by atoms with E-state index in [0.29, 0.717) is 4.88 Å². The molecule has 0 fully saturated rings. The largest absolute Gasteiger partial charge is 0.465 e. The Labute approximate surface area is 84.9 Å². The maximum atomic E-state index is 10.2. The van der Waals surface area contributed by atoms with Crippen molar-refractivity contribution in [3.05, 3.63) is 21.9 Å². The van der Waals surface area contributed by atoms with Crippen LogP contribution in [0.15, 0.2) is 12.1 Å². The fourth-order valence-corrected chi connectivity index (χ4v) is 1.82. The van der Waals surface area contributed by atoms with Crippen molar-refractivity contribution in [3.63, 3.8) is 0 Å². The summed E-state index contributed by atoms with van der Waals surface area (Å²) in [5.41, 5.74) is 0. The summed E-state index contributed by atoms with van der Waals surface area (Å²) in [6.07, 6.45) is -1.99. The standard InChI is InChI=1S/C8H11NO4S/c1-13-7(10)6-3-2-5(14-6)4-9-8(11)12/h2-3,7,9-10H,4H2,1H3,(H,11,12). The minimum absolute atomic E-state index is 0.246. The highest BCUT2D eigenvalue weighted by Crippen LogP contribution is 2.23. The van der Waals surface area contributed by atoms with Gasteiger partial charge in [0, 0.05) is 12.0 Å². The number of aliphatic hydroxyl groups is 1. The second-order valence-corrected chi connectivity index (χ2v) is 3.75. The van der Waals surface area contributed by atoms with Gasteiger partial charge in [0.15, 0.2) is 6.29 Å². The molecule has 1 atom stereocenters. The third kappa shape index (κ3) is 2.99. The Hall–Kier alpha value is -1.11. The maximum absolute atomic E-state index is 10.2. The quantitative estimate of drug-likeness (QED) is 0.661. The molecule has 1 aromatic rings. The summed E-state index contributed by atoms with van der Waals surface area (Å²) >= 11 is 1.31. The van der Waals surface area contributed by atoms with E-state index in [1.807, 2.05) is 0 Å². The third-order valence-electron chi connectivity index (χ3n) is 1.56. The topological polar surface area (TPSA) is 78.8 Å². The summed E-state index contributed by atoms with van der Waals surface area (Å²) in [6, 6.07) is 3.45. The molecular formula is C8H11NO4S. The van der Waals surface area contributed by atoms with Crippen LogP contribution in [0, 0.1) is 0 Å². The number of ether oxygens (including phenoxy) is 1. The van der Waals surface area contributed by atoms with E-state index in [1.54, 1.807) is 12.1 Å². The van der Waals surface area contributed by atoms with Crippen molar-refractivity contribution in [2.45, 2.75) is 12.8 Å². The molecule has 0 spiro atoms. The van der Waals surface area contributed by atoms with Crippen LogP contribution in [-0.2, 0) is 11.3 Å². The number of thiophene rings is 1. The van der Waals surface area contributed by atoms with E-state index in [-0.39, 0.29) is 6.54 Å². The lowest BCUT2D eigenvalue weighted by Crippen LogP contribution is -2.19. The molecule has 1 rings (SSSR count). The van der Waals surface area contributed by atoms with Crippen LogP contribution in [0.3, 0.4) is 0 Å². The molecule has 3 N–H and O–H groups in total. The fraction of sp³-hybridized carbons (Fsp3) is 0.375. The van der Waals surface area contributed by atoms with Crippen LogP contribution in [0.2, 0.25) is 0 Å². The van der Waals surface area contributed by atoms with Gasteiger partial charge < -0.3 is 20.3 Å². The maximum Gasteiger partial charge on any atom is 0.404 e. The summed E-state index contributed by atoms with van der Waals surface area (Å²) in [6.45, 7) is 0.246. The van der Waals surface area contributed by atoms with Crippen molar-refractivity contribution < 1.29 is 19.7 Å². The molecular weight excluding hydrogens is 206 g/mol. The number of amides is 1. The number of rotatable bonds is 4. The first-order valence-corrected chi connectivity index (χ1v) is 4.71. The van der Waals surface area contributed by atoms with Crippen molar-refractivity contribution in [1.82, 2.24) is 5.32 Å². The molecule has 0 radical (unpaired) electrons. The number of nitrogens with one attached hydrogen (secondary N) is 1. The van der Waals surface area contributed by atoms with Crippen LogP contribution in [0.4, 0.5) is 4.79 Å². The van der Waals surface area contributed by atoms with Crippen LogP contribution in [0.5, 0.6) is 0 Å². The van der Waals surface area contributed by atoms with Gasteiger partial charge in [0.25, 0.3) is 0 Å². The zero-order valence-electron chi connectivity index (χ0n) is 7.56. The van der Waals surface area contributed by atoms with Crippen molar-refractivity contribution in [3.8, 4) is 0 Å². The normalized spacial score (nSPS) is 12.4. The number of carboxylic acid groups (broad SMARTS) is 1. The van der Waals surface area contributed by atoms with Crippen LogP contribution >= 0.6 is 11.3 Å². The third-order valence-corrected chi connectivity index (χ3v) is 2.68. The zero-order chi connectivity index (χ0) is 10.6. The highest BCUT2D eigenvalue weighted by molar-refractivity contribution is 7.12. The SMILES string of the molecule is COC(O)c1ccc(CNC(=O)O)s1. The minimum atomic E-state index is -1.06. The molecule has 6 heteroatoms. The molecule has 0 aliphatic rings. The minimum Gasteiger partial charge on any atom is -0.465 e. The van der Waals surface area contributed by atoms with E-state index < -0.39 is 12.4 Å². The van der Waals surface area contributed by atoms with E-state index in [9.17, 15) is 9.90 Å². The Morgan fingerprint density at radius 1 is 1.71 bits per heavy atom. The van der Waals surface area contributed by atoms with E-state index in [0.717, 1.165) is 4.88 Å². The zero-order valence-corrected chi connectivity index (χ0v) is 8.37. The predicted molar refractivity (Wildman–Crippen MR) is 51.2 cm³/mol. The van der Waals surface area contributed by atoms with Gasteiger partial charge in [-0.05, 0) is 12.1 Å². The van der Waals surface area contributed by atoms with Crippen molar-refractivity contribution in [2.75, 3.05) is 7.11 Å². The van der Waals surface area contributed by atoms with Crippen LogP contribution in [0.25, 0.3) is 0 Å². The lowest BCUT2D eigenvalue weighted by Gasteiger charge is -2.03. The smallest absolute Gasteiger partial charge is 0.404 e. The Balaban J connectivity index is 2.54. The van der Waals surface area contributed by atoms with Crippen molar-refractivity contribution in [1.29, 1.82) is 0 Å². The Kier molecular flexibility index (Phi) is 3.87. The van der Waals surface area contributed by atoms with Gasteiger partial charge in [-0.2, -0.15) is 0 Å². The molecule has 0 aliphatic heterocycles. The lowest BCUT2D eigenvalue weighted by atomic mass is 10.4. The Morgan fingerprint density at radius 3 is 3.00 bits per heavy atom. The van der Waals surface area contributed by atoms with Crippen molar-refractivity contribution >= 4 is 17.4 Å². The van der Waals surface area contributed by atoms with E-state index in [1.165, 1.54) is 18.4 Å². The molecule has 0 saturated heterocycles. The molecule has 1 heterocycles. The van der Waals surface area contributed by atoms with Crippen LogP contribution in [0.1, 0.15) is 16.0 Å². The summed E-state index contributed by atoms with van der Waals surface area (Å²) < 4.78 is 4.70. The first kappa shape index (κ1) is 11.0. The molecule has 0 aliphatic carbocycles. The average Bonchev–Trinajstić information content (AvgIpc) is 2.62. The molecule has 5 nitrogen and oxygen atoms in total. The average molecular weight is 217 g/mol. The van der Waals surface area contributed by atoms with Gasteiger partial charge in [-0.3, -0.25) is 0 Å². The highest BCUT2D eigenvalue weighted by Gasteiger charge is 2.09. The van der Waals surface area contributed by atoms with Gasteiger partial charge in [-0.1, -0.05) is 0 Å². The van der Waals surface area contributed by atoms with Crippen LogP contribution < -0.4 is 5.32 Å². The van der Waals surface area contributed by atoms with E-state index >= 15 is 0 Å². The lowest BCUT2D eigenvalue weighted by molar-refractivity contribution is -0.0743. The highest BCUT2D eigenvalue weighted by atomic mass is 32.1. The molecule has 1 amide bonds. The first-order chi connectivity index (χ1) is 6.63. The first-order valence-electron chi connectivity index (χ1n) is 3.89. The number of methoxy groups -OCH3 is 1. The molecule has 0 bridgehead atoms. The predicted octanol–water partition coefficient (Wildman–Crippen LogP) is 1.15. The number of aliphatic hydroxyl groups excluding tert-OH is 1. The monoisotopic (exact) mass is 217 g/mol. The Bertz CT molecular complexity index is 312. The van der Waals surface area contributed by atoms with Crippen molar-refractivity contribution in [2.24, 2.45) is 0 Å². The van der Waals surface area contributed by atoms with E-state index in [2.05, 4.69) is 5.32 Å². The Morgan fingerprint density at radius 2 is 2.43 bits per heavy atom. The number of hydrogen-bond acceptors (Lipinski definition) is 4. The second-order valence-electron chi connectivity index (χ2n) is 2.55.